The summed E-state index contributed by atoms with van der Waals surface area (Å²) in [5.74, 6) is 4.43. The Labute approximate surface area is 179 Å². The second kappa shape index (κ2) is 8.07. The molecule has 0 aliphatic heterocycles. The summed E-state index contributed by atoms with van der Waals surface area (Å²) in [5.41, 5.74) is -1.23. The van der Waals surface area contributed by atoms with Crippen molar-refractivity contribution in [1.82, 2.24) is 14.7 Å². The van der Waals surface area contributed by atoms with Crippen LogP contribution in [0.4, 0.5) is 0 Å². The molecule has 2 aromatic heterocycles. The van der Waals surface area contributed by atoms with E-state index < -0.39 is 29.1 Å². The fraction of sp³-hybridized carbons (Fsp3) is 0.0909. The summed E-state index contributed by atoms with van der Waals surface area (Å²) in [6, 6.07) is 9.71. The van der Waals surface area contributed by atoms with Crippen LogP contribution in [0, 0.1) is 11.8 Å². The number of carbonyl (C=O) groups is 1. The van der Waals surface area contributed by atoms with Crippen molar-refractivity contribution >= 4 is 33.9 Å². The molecule has 0 spiro atoms. The van der Waals surface area contributed by atoms with E-state index in [0.29, 0.717) is 10.6 Å². The summed E-state index contributed by atoms with van der Waals surface area (Å²) in [4.78, 5) is 52.7. The fourth-order valence-corrected chi connectivity index (χ4v) is 3.39. The lowest BCUT2D eigenvalue weighted by molar-refractivity contribution is 0.0949. The number of aromatic nitrogens is 2. The number of nitrogens with one attached hydrogen (secondary N) is 2. The maximum atomic E-state index is 13.1. The monoisotopic (exact) mass is 435 g/mol. The number of pyridine rings is 1. The third-order valence-corrected chi connectivity index (χ3v) is 4.93. The summed E-state index contributed by atoms with van der Waals surface area (Å²) in [6.45, 7) is -0.259. The number of benzene rings is 2. The zero-order valence-corrected chi connectivity index (χ0v) is 16.6. The highest BCUT2D eigenvalue weighted by Gasteiger charge is 2.19. The predicted octanol–water partition coefficient (Wildman–Crippen LogP) is 0.866. The third kappa shape index (κ3) is 3.80. The number of aliphatic hydroxyl groups is 1. The number of hydrogen-bond acceptors (Lipinski definition) is 5. The van der Waals surface area contributed by atoms with E-state index in [1.807, 2.05) is 0 Å². The van der Waals surface area contributed by atoms with Crippen molar-refractivity contribution in [3.63, 3.8) is 0 Å². The minimum absolute atomic E-state index is 0.0484. The van der Waals surface area contributed by atoms with Gasteiger partial charge in [-0.05, 0) is 29.8 Å². The number of nitrogens with zero attached hydrogens (tertiary/aromatic N) is 1. The quantitative estimate of drug-likeness (QED) is 0.325. The molecule has 0 aliphatic carbocycles. The molecular formula is C22H14ClN3O5. The number of halogens is 1. The van der Waals surface area contributed by atoms with Crippen molar-refractivity contribution in [2.45, 2.75) is 6.54 Å². The first-order valence-corrected chi connectivity index (χ1v) is 9.48. The van der Waals surface area contributed by atoms with Gasteiger partial charge in [-0.3, -0.25) is 23.6 Å². The van der Waals surface area contributed by atoms with E-state index in [1.54, 1.807) is 24.3 Å². The molecule has 0 atom stereocenters. The summed E-state index contributed by atoms with van der Waals surface area (Å²) in [7, 11) is 0. The van der Waals surface area contributed by atoms with Gasteiger partial charge in [-0.15, -0.1) is 0 Å². The van der Waals surface area contributed by atoms with Crippen LogP contribution in [0.2, 0.25) is 5.02 Å². The Morgan fingerprint density at radius 2 is 1.90 bits per heavy atom. The molecule has 2 aromatic carbocycles. The summed E-state index contributed by atoms with van der Waals surface area (Å²) in [6.07, 6.45) is 1.07. The minimum Gasteiger partial charge on any atom is -0.384 e. The average molecular weight is 436 g/mol. The Bertz CT molecular complexity index is 1560. The van der Waals surface area contributed by atoms with Crippen LogP contribution < -0.4 is 21.9 Å². The fourth-order valence-electron chi connectivity index (χ4n) is 3.26. The highest BCUT2D eigenvalue weighted by Crippen LogP contribution is 2.18. The van der Waals surface area contributed by atoms with Crippen LogP contribution in [0.1, 0.15) is 21.5 Å². The molecule has 0 saturated carbocycles. The Morgan fingerprint density at radius 3 is 2.61 bits per heavy atom. The van der Waals surface area contributed by atoms with Gasteiger partial charge in [0.1, 0.15) is 12.2 Å². The van der Waals surface area contributed by atoms with Gasteiger partial charge in [0.05, 0.1) is 16.4 Å². The van der Waals surface area contributed by atoms with Gasteiger partial charge < -0.3 is 15.4 Å². The lowest BCUT2D eigenvalue weighted by Crippen LogP contribution is -2.36. The molecule has 3 N–H and O–H groups in total. The van der Waals surface area contributed by atoms with Gasteiger partial charge in [0.15, 0.2) is 0 Å². The summed E-state index contributed by atoms with van der Waals surface area (Å²) >= 11 is 5.85. The van der Waals surface area contributed by atoms with Gasteiger partial charge >= 0.3 is 11.1 Å². The molecule has 9 heteroatoms. The van der Waals surface area contributed by atoms with E-state index in [1.165, 1.54) is 12.1 Å². The number of aromatic amines is 1. The maximum absolute atomic E-state index is 13.1. The molecule has 4 rings (SSSR count). The standard InChI is InChI=1S/C22H14ClN3O5/c23-14-5-3-12(4-6-14)10-24-20(29)16-11-26-18-15(19(16)28)8-13(2-1-7-27)9-17(18)25-21(30)22(26)31/h3-6,8-9,11,27H,7,10H2,(H,24,29)(H,25,30). The maximum Gasteiger partial charge on any atom is 0.320 e. The molecule has 0 fully saturated rings. The van der Waals surface area contributed by atoms with Gasteiger partial charge in [-0.25, -0.2) is 0 Å². The molecule has 0 radical (unpaired) electrons. The largest absolute Gasteiger partial charge is 0.384 e. The molecule has 0 bridgehead atoms. The van der Waals surface area contributed by atoms with Crippen LogP contribution >= 0.6 is 11.6 Å². The predicted molar refractivity (Wildman–Crippen MR) is 116 cm³/mol. The van der Waals surface area contributed by atoms with Crippen molar-refractivity contribution < 1.29 is 9.90 Å². The molecule has 1 amide bonds. The van der Waals surface area contributed by atoms with Gasteiger partial charge in [0, 0.05) is 23.3 Å². The molecule has 0 unspecified atom stereocenters. The molecule has 2 heterocycles. The van der Waals surface area contributed by atoms with Crippen LogP contribution in [0.15, 0.2) is 57.0 Å². The van der Waals surface area contributed by atoms with Crippen molar-refractivity contribution in [2.75, 3.05) is 6.61 Å². The average Bonchev–Trinajstić information content (AvgIpc) is 2.76. The summed E-state index contributed by atoms with van der Waals surface area (Å²) in [5, 5.41) is 12.2. The number of rotatable bonds is 3. The van der Waals surface area contributed by atoms with Crippen LogP contribution in [0.25, 0.3) is 16.4 Å². The molecule has 0 saturated heterocycles. The first kappa shape index (κ1) is 20.3. The van der Waals surface area contributed by atoms with E-state index in [2.05, 4.69) is 22.1 Å². The smallest absolute Gasteiger partial charge is 0.320 e. The third-order valence-electron chi connectivity index (χ3n) is 4.68. The van der Waals surface area contributed by atoms with Crippen molar-refractivity contribution in [3.05, 3.63) is 95.2 Å². The van der Waals surface area contributed by atoms with Gasteiger partial charge in [-0.2, -0.15) is 0 Å². The Hall–Kier alpha value is -3.93. The van der Waals surface area contributed by atoms with Crippen LogP contribution in [0.5, 0.6) is 0 Å². The zero-order chi connectivity index (χ0) is 22.1. The van der Waals surface area contributed by atoms with E-state index >= 15 is 0 Å². The number of H-pyrrole nitrogens is 1. The Kier molecular flexibility index (Phi) is 5.29. The second-order valence-corrected chi connectivity index (χ2v) is 7.13. The molecule has 0 aliphatic rings. The van der Waals surface area contributed by atoms with Crippen LogP contribution in [0.3, 0.4) is 0 Å². The van der Waals surface area contributed by atoms with Crippen molar-refractivity contribution in [2.24, 2.45) is 0 Å². The lowest BCUT2D eigenvalue weighted by atomic mass is 10.1. The topological polar surface area (TPSA) is 121 Å². The minimum atomic E-state index is -0.918. The molecule has 31 heavy (non-hydrogen) atoms. The van der Waals surface area contributed by atoms with E-state index in [4.69, 9.17) is 16.7 Å². The van der Waals surface area contributed by atoms with Gasteiger partial charge in [0.2, 0.25) is 5.43 Å². The Morgan fingerprint density at radius 1 is 1.16 bits per heavy atom. The number of amides is 1. The van der Waals surface area contributed by atoms with Gasteiger partial charge in [0.25, 0.3) is 5.91 Å². The van der Waals surface area contributed by atoms with E-state index in [9.17, 15) is 19.2 Å². The highest BCUT2D eigenvalue weighted by molar-refractivity contribution is 6.30. The SMILES string of the molecule is O=C(NCc1ccc(Cl)cc1)c1cn2c(=O)c(=O)[nH]c3cc(C#CCO)cc(c1=O)c32. The number of hydrogen-bond donors (Lipinski definition) is 3. The Balaban J connectivity index is 1.87. The van der Waals surface area contributed by atoms with Gasteiger partial charge in [-0.1, -0.05) is 35.6 Å². The normalized spacial score (nSPS) is 10.8. The van der Waals surface area contributed by atoms with Crippen LogP contribution in [-0.4, -0.2) is 27.0 Å². The highest BCUT2D eigenvalue weighted by atomic mass is 35.5. The zero-order valence-electron chi connectivity index (χ0n) is 15.9. The van der Waals surface area contributed by atoms with Crippen molar-refractivity contribution in [3.8, 4) is 11.8 Å². The van der Waals surface area contributed by atoms with E-state index in [0.717, 1.165) is 16.2 Å². The summed E-state index contributed by atoms with van der Waals surface area (Å²) < 4.78 is 0.991. The van der Waals surface area contributed by atoms with Crippen molar-refractivity contribution in [1.29, 1.82) is 0 Å². The van der Waals surface area contributed by atoms with E-state index in [-0.39, 0.29) is 28.5 Å². The molecule has 154 valence electrons. The molecule has 8 nitrogen and oxygen atoms in total. The number of aliphatic hydroxyl groups excluding tert-OH is 1. The van der Waals surface area contributed by atoms with Crippen LogP contribution in [-0.2, 0) is 6.54 Å². The second-order valence-electron chi connectivity index (χ2n) is 6.69. The first-order chi connectivity index (χ1) is 14.9. The lowest BCUT2D eigenvalue weighted by Gasteiger charge is -2.10. The first-order valence-electron chi connectivity index (χ1n) is 9.10. The number of carbonyl (C=O) groups excluding carboxylic acids is 1. The molecule has 4 aromatic rings. The molecular weight excluding hydrogens is 422 g/mol.